The van der Waals surface area contributed by atoms with Crippen LogP contribution < -0.4 is 9.64 Å². The van der Waals surface area contributed by atoms with Gasteiger partial charge in [0.15, 0.2) is 5.13 Å². The Bertz CT molecular complexity index is 1690. The van der Waals surface area contributed by atoms with Crippen molar-refractivity contribution in [3.8, 4) is 5.75 Å². The van der Waals surface area contributed by atoms with Gasteiger partial charge in [-0.25, -0.2) is 9.78 Å². The first-order valence-corrected chi connectivity index (χ1v) is 14.3. The van der Waals surface area contributed by atoms with Gasteiger partial charge in [0.25, 0.3) is 5.78 Å². The van der Waals surface area contributed by atoms with Gasteiger partial charge in [0.1, 0.15) is 23.0 Å². The average molecular weight is 583 g/mol. The van der Waals surface area contributed by atoms with Crippen molar-refractivity contribution in [1.82, 2.24) is 4.98 Å². The van der Waals surface area contributed by atoms with Gasteiger partial charge in [-0.05, 0) is 60.7 Å². The lowest BCUT2D eigenvalue weighted by atomic mass is 9.93. The third-order valence-electron chi connectivity index (χ3n) is 7.21. The SMILES string of the molecule is CCc1ccc([C@@H]2C(=C(O)c3ccc(OCc4ccccc4)cc3C)C(=O)C(=O)N2c2nc(C)c(C(=O)OC)s2)cc1. The van der Waals surface area contributed by atoms with E-state index >= 15 is 0 Å². The van der Waals surface area contributed by atoms with E-state index in [-0.39, 0.29) is 21.3 Å². The summed E-state index contributed by atoms with van der Waals surface area (Å²) in [6, 6.07) is 21.5. The molecular weight excluding hydrogens is 552 g/mol. The number of ketones is 1. The van der Waals surface area contributed by atoms with E-state index in [1.54, 1.807) is 32.0 Å². The number of aromatic nitrogens is 1. The number of nitrogens with zero attached hydrogens (tertiary/aromatic N) is 2. The van der Waals surface area contributed by atoms with Crippen molar-refractivity contribution in [2.75, 3.05) is 12.0 Å². The molecule has 8 nitrogen and oxygen atoms in total. The number of rotatable bonds is 8. The molecule has 2 heterocycles. The van der Waals surface area contributed by atoms with Crippen molar-refractivity contribution in [1.29, 1.82) is 0 Å². The first-order chi connectivity index (χ1) is 20.2. The fraction of sp³-hybridized carbons (Fsp3) is 0.212. The summed E-state index contributed by atoms with van der Waals surface area (Å²) in [7, 11) is 1.27. The van der Waals surface area contributed by atoms with Crippen LogP contribution in [0.2, 0.25) is 0 Å². The second-order valence-corrected chi connectivity index (χ2v) is 10.9. The van der Waals surface area contributed by atoms with Crippen molar-refractivity contribution in [2.45, 2.75) is 39.8 Å². The number of carbonyl (C=O) groups is 3. The lowest BCUT2D eigenvalue weighted by Gasteiger charge is -2.23. The summed E-state index contributed by atoms with van der Waals surface area (Å²) in [4.78, 5) is 45.4. The number of anilines is 1. The molecular formula is C33H30N2O6S. The average Bonchev–Trinajstić information content (AvgIpc) is 3.52. The molecule has 1 aromatic heterocycles. The van der Waals surface area contributed by atoms with Crippen LogP contribution in [-0.4, -0.2) is 34.9 Å². The van der Waals surface area contributed by atoms with Crippen LogP contribution in [0.15, 0.2) is 78.4 Å². The lowest BCUT2D eigenvalue weighted by molar-refractivity contribution is -0.132. The van der Waals surface area contributed by atoms with Gasteiger partial charge >= 0.3 is 11.9 Å². The maximum atomic E-state index is 13.6. The summed E-state index contributed by atoms with van der Waals surface area (Å²) in [5.41, 5.74) is 4.12. The molecule has 4 aromatic rings. The molecule has 1 saturated heterocycles. The van der Waals surface area contributed by atoms with Crippen LogP contribution in [0.5, 0.6) is 5.75 Å². The highest BCUT2D eigenvalue weighted by molar-refractivity contribution is 7.17. The number of esters is 1. The fourth-order valence-electron chi connectivity index (χ4n) is 4.93. The maximum absolute atomic E-state index is 13.6. The molecule has 0 unspecified atom stereocenters. The summed E-state index contributed by atoms with van der Waals surface area (Å²) in [5, 5.41) is 11.8. The van der Waals surface area contributed by atoms with Crippen LogP contribution in [-0.2, 0) is 27.4 Å². The molecule has 0 radical (unpaired) electrons. The molecule has 1 atom stereocenters. The van der Waals surface area contributed by atoms with E-state index in [1.807, 2.05) is 61.5 Å². The minimum Gasteiger partial charge on any atom is -0.507 e. The van der Waals surface area contributed by atoms with Crippen molar-refractivity contribution >= 4 is 39.9 Å². The fourth-order valence-corrected chi connectivity index (χ4v) is 5.94. The molecule has 9 heteroatoms. The zero-order chi connectivity index (χ0) is 30.0. The van der Waals surface area contributed by atoms with Crippen LogP contribution in [0.1, 0.15) is 56.1 Å². The maximum Gasteiger partial charge on any atom is 0.350 e. The van der Waals surface area contributed by atoms with Gasteiger partial charge in [0.05, 0.1) is 24.4 Å². The highest BCUT2D eigenvalue weighted by atomic mass is 32.1. The van der Waals surface area contributed by atoms with Crippen LogP contribution >= 0.6 is 11.3 Å². The Morgan fingerprint density at radius 3 is 2.36 bits per heavy atom. The van der Waals surface area contributed by atoms with Crippen molar-refractivity contribution in [3.63, 3.8) is 0 Å². The second kappa shape index (κ2) is 12.0. The monoisotopic (exact) mass is 582 g/mol. The van der Waals surface area contributed by atoms with Gasteiger partial charge < -0.3 is 14.6 Å². The van der Waals surface area contributed by atoms with Gasteiger partial charge in [0.2, 0.25) is 0 Å². The first-order valence-electron chi connectivity index (χ1n) is 13.5. The predicted octanol–water partition coefficient (Wildman–Crippen LogP) is 6.31. The normalized spacial score (nSPS) is 16.1. The number of aliphatic hydroxyl groups is 1. The second-order valence-electron chi connectivity index (χ2n) is 9.92. The molecule has 0 saturated carbocycles. The Morgan fingerprint density at radius 1 is 1.00 bits per heavy atom. The number of benzene rings is 3. The van der Waals surface area contributed by atoms with Gasteiger partial charge in [-0.3, -0.25) is 14.5 Å². The van der Waals surface area contributed by atoms with Gasteiger partial charge in [-0.2, -0.15) is 0 Å². The molecule has 214 valence electrons. The van der Waals surface area contributed by atoms with Crippen molar-refractivity contribution in [3.05, 3.63) is 117 Å². The molecule has 1 fully saturated rings. The third-order valence-corrected chi connectivity index (χ3v) is 8.35. The topological polar surface area (TPSA) is 106 Å². The number of amides is 1. The molecule has 0 bridgehead atoms. The number of aryl methyl sites for hydroxylation is 3. The molecule has 1 aliphatic rings. The van der Waals surface area contributed by atoms with Crippen LogP contribution in [0.25, 0.3) is 5.76 Å². The number of thiazole rings is 1. The third kappa shape index (κ3) is 5.43. The van der Waals surface area contributed by atoms with Gasteiger partial charge in [-0.15, -0.1) is 0 Å². The predicted molar refractivity (Wildman–Crippen MR) is 161 cm³/mol. The van der Waals surface area contributed by atoms with E-state index in [9.17, 15) is 19.5 Å². The highest BCUT2D eigenvalue weighted by Gasteiger charge is 2.48. The van der Waals surface area contributed by atoms with E-state index in [4.69, 9.17) is 9.47 Å². The molecule has 0 aliphatic carbocycles. The number of Topliss-reactive ketones (excluding diaryl/α,β-unsaturated/α-hetero) is 1. The molecule has 5 rings (SSSR count). The van der Waals surface area contributed by atoms with Crippen molar-refractivity contribution in [2.24, 2.45) is 0 Å². The first kappa shape index (κ1) is 28.8. The van der Waals surface area contributed by atoms with Crippen molar-refractivity contribution < 1.29 is 29.0 Å². The van der Waals surface area contributed by atoms with E-state index in [2.05, 4.69) is 4.98 Å². The molecule has 1 aliphatic heterocycles. The quantitative estimate of drug-likeness (QED) is 0.112. The van der Waals surface area contributed by atoms with E-state index in [0.29, 0.717) is 34.7 Å². The Balaban J connectivity index is 1.58. The standard InChI is InChI=1S/C33H30N2O6S/c1-5-21-11-13-23(14-12-21)27-26(29(37)31(38)35(27)33-34-20(3)30(42-33)32(39)40-4)28(36)25-16-15-24(17-19(25)2)41-18-22-9-7-6-8-10-22/h6-17,27,36H,5,18H2,1-4H3/t27-/m1/s1. The Morgan fingerprint density at radius 2 is 1.71 bits per heavy atom. The Hall–Kier alpha value is -4.76. The minimum atomic E-state index is -0.958. The highest BCUT2D eigenvalue weighted by Crippen LogP contribution is 2.44. The lowest BCUT2D eigenvalue weighted by Crippen LogP contribution is -2.29. The summed E-state index contributed by atoms with van der Waals surface area (Å²) in [6.07, 6.45) is 0.812. The zero-order valence-corrected chi connectivity index (χ0v) is 24.5. The number of aliphatic hydroxyl groups excluding tert-OH is 1. The van der Waals surface area contributed by atoms with Crippen LogP contribution in [0, 0.1) is 13.8 Å². The Kier molecular flexibility index (Phi) is 8.22. The van der Waals surface area contributed by atoms with Crippen LogP contribution in [0.4, 0.5) is 5.13 Å². The number of carbonyl (C=O) groups excluding carboxylic acids is 3. The van der Waals surface area contributed by atoms with Gasteiger partial charge in [-0.1, -0.05) is 72.9 Å². The molecule has 1 amide bonds. The summed E-state index contributed by atoms with van der Waals surface area (Å²) >= 11 is 0.966. The number of methoxy groups -OCH3 is 1. The summed E-state index contributed by atoms with van der Waals surface area (Å²) < 4.78 is 10.8. The minimum absolute atomic E-state index is 0.0576. The van der Waals surface area contributed by atoms with Gasteiger partial charge in [0, 0.05) is 5.56 Å². The number of hydrogen-bond acceptors (Lipinski definition) is 8. The molecule has 3 aromatic carbocycles. The molecule has 0 spiro atoms. The van der Waals surface area contributed by atoms with E-state index in [0.717, 1.165) is 28.9 Å². The molecule has 42 heavy (non-hydrogen) atoms. The van der Waals surface area contributed by atoms with E-state index in [1.165, 1.54) is 12.0 Å². The Labute approximate surface area is 247 Å². The largest absolute Gasteiger partial charge is 0.507 e. The van der Waals surface area contributed by atoms with Crippen LogP contribution in [0.3, 0.4) is 0 Å². The summed E-state index contributed by atoms with van der Waals surface area (Å²) in [5.74, 6) is -1.95. The number of hydrogen-bond donors (Lipinski definition) is 1. The molecule has 1 N–H and O–H groups in total. The van der Waals surface area contributed by atoms with E-state index < -0.39 is 23.7 Å². The smallest absolute Gasteiger partial charge is 0.350 e. The summed E-state index contributed by atoms with van der Waals surface area (Å²) in [6.45, 7) is 5.85. The zero-order valence-electron chi connectivity index (χ0n) is 23.7. The number of ether oxygens (including phenoxy) is 2.